The molecule has 0 bridgehead atoms. The summed E-state index contributed by atoms with van der Waals surface area (Å²) in [6.45, 7) is 0.655. The van der Waals surface area contributed by atoms with Crippen LogP contribution in [0.2, 0.25) is 5.02 Å². The van der Waals surface area contributed by atoms with Gasteiger partial charge in [-0.05, 0) is 43.2 Å². The molecule has 1 heterocycles. The molecule has 154 valence electrons. The number of carbonyl (C=O) groups is 2. The van der Waals surface area contributed by atoms with Crippen LogP contribution in [0.15, 0.2) is 36.4 Å². The fourth-order valence-electron chi connectivity index (χ4n) is 3.37. The Labute approximate surface area is 173 Å². The van der Waals surface area contributed by atoms with E-state index in [1.54, 1.807) is 12.1 Å². The minimum absolute atomic E-state index is 0.140. The molecule has 8 heteroatoms. The Morgan fingerprint density at radius 3 is 2.38 bits per heavy atom. The molecule has 5 nitrogen and oxygen atoms in total. The Morgan fingerprint density at radius 1 is 1.10 bits per heavy atom. The third kappa shape index (κ3) is 4.85. The van der Waals surface area contributed by atoms with Crippen LogP contribution in [-0.4, -0.2) is 43.9 Å². The summed E-state index contributed by atoms with van der Waals surface area (Å²) in [5.41, 5.74) is 1.30. The summed E-state index contributed by atoms with van der Waals surface area (Å²) in [6.07, 6.45) is 0.924. The van der Waals surface area contributed by atoms with Crippen LogP contribution in [0.25, 0.3) is 0 Å². The number of nitrogens with one attached hydrogen (secondary N) is 1. The van der Waals surface area contributed by atoms with Gasteiger partial charge in [0, 0.05) is 44.9 Å². The van der Waals surface area contributed by atoms with Gasteiger partial charge in [0.25, 0.3) is 5.91 Å². The third-order valence-electron chi connectivity index (χ3n) is 5.01. The van der Waals surface area contributed by atoms with Crippen LogP contribution < -0.4 is 10.2 Å². The van der Waals surface area contributed by atoms with Crippen LogP contribution in [0.4, 0.5) is 20.2 Å². The van der Waals surface area contributed by atoms with Crippen molar-refractivity contribution in [1.82, 2.24) is 4.90 Å². The highest BCUT2D eigenvalue weighted by Gasteiger charge is 2.29. The number of nitrogens with zero attached hydrogens (tertiary/aromatic N) is 2. The van der Waals surface area contributed by atoms with Crippen molar-refractivity contribution < 1.29 is 18.4 Å². The molecule has 0 radical (unpaired) electrons. The van der Waals surface area contributed by atoms with Crippen molar-refractivity contribution >= 4 is 34.8 Å². The maximum absolute atomic E-state index is 13.8. The normalized spacial score (nSPS) is 14.6. The van der Waals surface area contributed by atoms with E-state index in [-0.39, 0.29) is 17.4 Å². The van der Waals surface area contributed by atoms with Gasteiger partial charge in [-0.2, -0.15) is 0 Å². The Balaban J connectivity index is 1.58. The fraction of sp³-hybridized carbons (Fsp3) is 0.333. The number of amides is 2. The van der Waals surface area contributed by atoms with E-state index >= 15 is 0 Å². The van der Waals surface area contributed by atoms with Crippen molar-refractivity contribution in [2.75, 3.05) is 37.4 Å². The lowest BCUT2D eigenvalue weighted by molar-refractivity contribution is -0.121. The molecule has 1 fully saturated rings. The highest BCUT2D eigenvalue weighted by Crippen LogP contribution is 2.28. The first-order valence-electron chi connectivity index (χ1n) is 9.28. The predicted octanol–water partition coefficient (Wildman–Crippen LogP) is 4.18. The van der Waals surface area contributed by atoms with Crippen molar-refractivity contribution in [2.45, 2.75) is 12.8 Å². The van der Waals surface area contributed by atoms with E-state index in [0.717, 1.165) is 17.8 Å². The highest BCUT2D eigenvalue weighted by atomic mass is 35.5. The lowest BCUT2D eigenvalue weighted by Crippen LogP contribution is -2.41. The number of piperidine rings is 1. The minimum Gasteiger partial charge on any atom is -0.376 e. The van der Waals surface area contributed by atoms with Crippen molar-refractivity contribution in [3.63, 3.8) is 0 Å². The van der Waals surface area contributed by atoms with Crippen LogP contribution in [-0.2, 0) is 4.79 Å². The van der Waals surface area contributed by atoms with Gasteiger partial charge >= 0.3 is 0 Å². The van der Waals surface area contributed by atoms with Gasteiger partial charge in [-0.25, -0.2) is 8.78 Å². The summed E-state index contributed by atoms with van der Waals surface area (Å²) in [6, 6.07) is 8.21. The van der Waals surface area contributed by atoms with Gasteiger partial charge < -0.3 is 15.1 Å². The molecule has 1 aliphatic rings. The number of anilines is 2. The summed E-state index contributed by atoms with van der Waals surface area (Å²) < 4.78 is 26.9. The monoisotopic (exact) mass is 421 g/mol. The van der Waals surface area contributed by atoms with E-state index < -0.39 is 17.5 Å². The number of halogens is 3. The Bertz CT molecular complexity index is 928. The van der Waals surface area contributed by atoms with Crippen LogP contribution in [0.3, 0.4) is 0 Å². The number of rotatable bonds is 4. The van der Waals surface area contributed by atoms with Crippen molar-refractivity contribution in [2.24, 2.45) is 5.92 Å². The molecule has 0 unspecified atom stereocenters. The molecule has 1 aliphatic heterocycles. The molecule has 0 spiro atoms. The first-order valence-corrected chi connectivity index (χ1v) is 9.66. The molecule has 0 aliphatic carbocycles. The van der Waals surface area contributed by atoms with Crippen molar-refractivity contribution in [1.29, 1.82) is 0 Å². The average Bonchev–Trinajstić information content (AvgIpc) is 2.67. The summed E-state index contributed by atoms with van der Waals surface area (Å²) in [5, 5.41) is 3.40. The van der Waals surface area contributed by atoms with Crippen LogP contribution >= 0.6 is 11.6 Å². The van der Waals surface area contributed by atoms with Crippen LogP contribution in [0.1, 0.15) is 23.2 Å². The molecule has 2 aromatic rings. The number of likely N-dealkylation sites (tertiary alicyclic amines) is 1. The topological polar surface area (TPSA) is 52.7 Å². The van der Waals surface area contributed by atoms with Crippen molar-refractivity contribution in [3.05, 3.63) is 58.6 Å². The zero-order chi connectivity index (χ0) is 21.1. The fourth-order valence-corrected chi connectivity index (χ4v) is 3.72. The van der Waals surface area contributed by atoms with Gasteiger partial charge in [0.2, 0.25) is 5.91 Å². The predicted molar refractivity (Wildman–Crippen MR) is 109 cm³/mol. The smallest absolute Gasteiger partial charge is 0.256 e. The third-order valence-corrected chi connectivity index (χ3v) is 5.31. The number of hydrogen-bond acceptors (Lipinski definition) is 3. The van der Waals surface area contributed by atoms with Gasteiger partial charge in [-0.3, -0.25) is 9.59 Å². The van der Waals surface area contributed by atoms with Gasteiger partial charge in [0.15, 0.2) is 0 Å². The highest BCUT2D eigenvalue weighted by molar-refractivity contribution is 6.33. The summed E-state index contributed by atoms with van der Waals surface area (Å²) in [7, 11) is 3.76. The SMILES string of the molecule is CN(C)c1ccc(NC(=O)C2CCN(C(=O)c3ccc(F)cc3F)CC2)cc1Cl. The lowest BCUT2D eigenvalue weighted by Gasteiger charge is -2.31. The lowest BCUT2D eigenvalue weighted by atomic mass is 9.95. The van der Waals surface area contributed by atoms with Crippen LogP contribution in [0.5, 0.6) is 0 Å². The van der Waals surface area contributed by atoms with Gasteiger partial charge in [0.05, 0.1) is 16.3 Å². The summed E-state index contributed by atoms with van der Waals surface area (Å²) >= 11 is 6.24. The molecule has 2 amide bonds. The molecular weight excluding hydrogens is 400 g/mol. The maximum Gasteiger partial charge on any atom is 0.256 e. The van der Waals surface area contributed by atoms with Gasteiger partial charge in [-0.15, -0.1) is 0 Å². The zero-order valence-electron chi connectivity index (χ0n) is 16.2. The summed E-state index contributed by atoms with van der Waals surface area (Å²) in [4.78, 5) is 28.4. The van der Waals surface area contributed by atoms with E-state index in [0.29, 0.717) is 42.7 Å². The molecule has 0 saturated carbocycles. The van der Waals surface area contributed by atoms with E-state index in [2.05, 4.69) is 5.32 Å². The van der Waals surface area contributed by atoms with Crippen LogP contribution in [0, 0.1) is 17.6 Å². The molecule has 1 saturated heterocycles. The molecular formula is C21H22ClF2N3O2. The Morgan fingerprint density at radius 2 is 1.79 bits per heavy atom. The van der Waals surface area contributed by atoms with E-state index in [1.165, 1.54) is 4.90 Å². The quantitative estimate of drug-likeness (QED) is 0.806. The second-order valence-electron chi connectivity index (χ2n) is 7.24. The number of benzene rings is 2. The molecule has 0 atom stereocenters. The molecule has 2 aromatic carbocycles. The number of carbonyl (C=O) groups excluding carboxylic acids is 2. The zero-order valence-corrected chi connectivity index (χ0v) is 17.0. The standard InChI is InChI=1S/C21H22ClF2N3O2/c1-26(2)19-6-4-15(12-17(19)22)25-20(28)13-7-9-27(10-8-13)21(29)16-5-3-14(23)11-18(16)24/h3-6,11-13H,7-10H2,1-2H3,(H,25,28). The van der Waals surface area contributed by atoms with E-state index in [9.17, 15) is 18.4 Å². The van der Waals surface area contributed by atoms with Gasteiger partial charge in [0.1, 0.15) is 11.6 Å². The largest absolute Gasteiger partial charge is 0.376 e. The van der Waals surface area contributed by atoms with E-state index in [1.807, 2.05) is 25.1 Å². The first-order chi connectivity index (χ1) is 13.8. The second-order valence-corrected chi connectivity index (χ2v) is 7.65. The molecule has 29 heavy (non-hydrogen) atoms. The molecule has 3 rings (SSSR count). The van der Waals surface area contributed by atoms with Gasteiger partial charge in [-0.1, -0.05) is 11.6 Å². The second kappa shape index (κ2) is 8.78. The molecule has 0 aromatic heterocycles. The Kier molecular flexibility index (Phi) is 6.37. The molecule has 1 N–H and O–H groups in total. The van der Waals surface area contributed by atoms with E-state index in [4.69, 9.17) is 11.6 Å². The number of hydrogen-bond donors (Lipinski definition) is 1. The minimum atomic E-state index is -0.882. The van der Waals surface area contributed by atoms with Crippen molar-refractivity contribution in [3.8, 4) is 0 Å². The Hall–Kier alpha value is -2.67. The first kappa shape index (κ1) is 21.0. The average molecular weight is 422 g/mol. The summed E-state index contributed by atoms with van der Waals surface area (Å²) in [5.74, 6) is -2.50. The maximum atomic E-state index is 13.8.